The van der Waals surface area contributed by atoms with Gasteiger partial charge in [0.15, 0.2) is 11.6 Å². The van der Waals surface area contributed by atoms with Gasteiger partial charge >= 0.3 is 0 Å². The lowest BCUT2D eigenvalue weighted by molar-refractivity contribution is 0.0994. The largest absolute Gasteiger partial charge is 0.289 e. The quantitative estimate of drug-likeness (QED) is 0.752. The standard InChI is InChI=1S/C14H10O2/c1-3-9-7-11-12(8-10(9)4-2)14(16)6-5-13(11)15/h3-8H,1-2H2. The molecule has 78 valence electrons. The van der Waals surface area contributed by atoms with Gasteiger partial charge in [-0.1, -0.05) is 25.3 Å². The van der Waals surface area contributed by atoms with Crippen molar-refractivity contribution in [3.63, 3.8) is 0 Å². The van der Waals surface area contributed by atoms with E-state index in [-0.39, 0.29) is 11.6 Å². The van der Waals surface area contributed by atoms with Crippen LogP contribution in [0.4, 0.5) is 0 Å². The van der Waals surface area contributed by atoms with E-state index in [4.69, 9.17) is 0 Å². The molecule has 0 spiro atoms. The smallest absolute Gasteiger partial charge is 0.186 e. The summed E-state index contributed by atoms with van der Waals surface area (Å²) in [6.07, 6.45) is 5.89. The van der Waals surface area contributed by atoms with Gasteiger partial charge in [-0.15, -0.1) is 0 Å². The summed E-state index contributed by atoms with van der Waals surface area (Å²) < 4.78 is 0. The van der Waals surface area contributed by atoms with Crippen LogP contribution in [0.1, 0.15) is 31.8 Å². The third-order valence-corrected chi connectivity index (χ3v) is 2.58. The van der Waals surface area contributed by atoms with E-state index in [1.165, 1.54) is 12.2 Å². The van der Waals surface area contributed by atoms with Gasteiger partial charge < -0.3 is 0 Å². The molecule has 16 heavy (non-hydrogen) atoms. The Balaban J connectivity index is 2.75. The van der Waals surface area contributed by atoms with Crippen molar-refractivity contribution in [2.45, 2.75) is 0 Å². The average molecular weight is 210 g/mol. The number of carbonyl (C=O) groups excluding carboxylic acids is 2. The number of hydrogen-bond donors (Lipinski definition) is 0. The molecule has 0 amide bonds. The second-order valence-electron chi connectivity index (χ2n) is 3.50. The zero-order valence-electron chi connectivity index (χ0n) is 8.69. The molecule has 2 rings (SSSR count). The summed E-state index contributed by atoms with van der Waals surface area (Å²) in [5.74, 6) is -0.290. The van der Waals surface area contributed by atoms with Crippen LogP contribution in [0.2, 0.25) is 0 Å². The summed E-state index contributed by atoms with van der Waals surface area (Å²) in [6, 6.07) is 3.37. The van der Waals surface area contributed by atoms with E-state index in [2.05, 4.69) is 13.2 Å². The number of fused-ring (bicyclic) bond motifs is 1. The summed E-state index contributed by atoms with van der Waals surface area (Å²) in [5, 5.41) is 0. The van der Waals surface area contributed by atoms with Gasteiger partial charge in [0.2, 0.25) is 0 Å². The van der Waals surface area contributed by atoms with Crippen molar-refractivity contribution in [1.82, 2.24) is 0 Å². The molecule has 1 aromatic carbocycles. The molecule has 0 aromatic heterocycles. The molecule has 0 saturated carbocycles. The van der Waals surface area contributed by atoms with Crippen LogP contribution >= 0.6 is 0 Å². The van der Waals surface area contributed by atoms with Crippen LogP contribution in [0.15, 0.2) is 37.4 Å². The maximum atomic E-state index is 11.6. The van der Waals surface area contributed by atoms with E-state index in [9.17, 15) is 9.59 Å². The van der Waals surface area contributed by atoms with Gasteiger partial charge in [0.1, 0.15) is 0 Å². The lowest BCUT2D eigenvalue weighted by Crippen LogP contribution is -2.12. The first-order chi connectivity index (χ1) is 7.67. The third-order valence-electron chi connectivity index (χ3n) is 2.58. The highest BCUT2D eigenvalue weighted by Crippen LogP contribution is 2.23. The predicted molar refractivity (Wildman–Crippen MR) is 64.4 cm³/mol. The molecule has 1 aromatic rings. The third kappa shape index (κ3) is 1.44. The Morgan fingerprint density at radius 1 is 0.812 bits per heavy atom. The molecule has 0 heterocycles. The van der Waals surface area contributed by atoms with Gasteiger partial charge in [-0.05, 0) is 35.4 Å². The molecule has 0 radical (unpaired) electrons. The predicted octanol–water partition coefficient (Wildman–Crippen LogP) is 2.91. The number of carbonyl (C=O) groups is 2. The van der Waals surface area contributed by atoms with Gasteiger partial charge in [-0.3, -0.25) is 9.59 Å². The van der Waals surface area contributed by atoms with Crippen molar-refractivity contribution in [3.05, 3.63) is 59.7 Å². The summed E-state index contributed by atoms with van der Waals surface area (Å²) in [7, 11) is 0. The second kappa shape index (κ2) is 3.74. The zero-order chi connectivity index (χ0) is 11.7. The van der Waals surface area contributed by atoms with Gasteiger partial charge in [-0.25, -0.2) is 0 Å². The van der Waals surface area contributed by atoms with Crippen molar-refractivity contribution in [2.75, 3.05) is 0 Å². The first kappa shape index (κ1) is 10.3. The van der Waals surface area contributed by atoms with Crippen LogP contribution < -0.4 is 0 Å². The van der Waals surface area contributed by atoms with Gasteiger partial charge in [0, 0.05) is 11.1 Å². The fraction of sp³-hybridized carbons (Fsp3) is 0. The Morgan fingerprint density at radius 2 is 1.19 bits per heavy atom. The average Bonchev–Trinajstić information content (AvgIpc) is 2.32. The minimum Gasteiger partial charge on any atom is -0.289 e. The van der Waals surface area contributed by atoms with E-state index < -0.39 is 0 Å². The van der Waals surface area contributed by atoms with Crippen LogP contribution in [0.5, 0.6) is 0 Å². The number of benzene rings is 1. The topological polar surface area (TPSA) is 34.1 Å². The Bertz CT molecular complexity index is 499. The highest BCUT2D eigenvalue weighted by Gasteiger charge is 2.20. The van der Waals surface area contributed by atoms with Gasteiger partial charge in [0.05, 0.1) is 0 Å². The highest BCUT2D eigenvalue weighted by molar-refractivity contribution is 6.22. The van der Waals surface area contributed by atoms with E-state index in [1.54, 1.807) is 24.3 Å². The molecule has 0 saturated heterocycles. The normalized spacial score (nSPS) is 13.5. The molecular formula is C14H10O2. The van der Waals surface area contributed by atoms with Gasteiger partial charge in [0.25, 0.3) is 0 Å². The molecule has 0 unspecified atom stereocenters. The maximum absolute atomic E-state index is 11.6. The van der Waals surface area contributed by atoms with Crippen molar-refractivity contribution in [2.24, 2.45) is 0 Å². The Hall–Kier alpha value is -2.22. The number of hydrogen-bond acceptors (Lipinski definition) is 2. The zero-order valence-corrected chi connectivity index (χ0v) is 8.69. The minimum atomic E-state index is -0.145. The fourth-order valence-electron chi connectivity index (χ4n) is 1.73. The lowest BCUT2D eigenvalue weighted by atomic mass is 9.90. The van der Waals surface area contributed by atoms with Crippen LogP contribution in [0, 0.1) is 0 Å². The first-order valence-corrected chi connectivity index (χ1v) is 4.87. The highest BCUT2D eigenvalue weighted by atomic mass is 16.1. The number of rotatable bonds is 2. The SMILES string of the molecule is C=Cc1cc2c(cc1C=C)C(=O)C=CC2=O. The van der Waals surface area contributed by atoms with Gasteiger partial charge in [-0.2, -0.15) is 0 Å². The fourth-order valence-corrected chi connectivity index (χ4v) is 1.73. The van der Waals surface area contributed by atoms with E-state index in [0.29, 0.717) is 11.1 Å². The molecule has 0 atom stereocenters. The number of allylic oxidation sites excluding steroid dienone is 2. The molecular weight excluding hydrogens is 200 g/mol. The Kier molecular flexibility index (Phi) is 2.41. The molecule has 2 heteroatoms. The van der Waals surface area contributed by atoms with Crippen LogP contribution in [0.25, 0.3) is 12.2 Å². The molecule has 1 aliphatic carbocycles. The Labute approximate surface area is 93.6 Å². The lowest BCUT2D eigenvalue weighted by Gasteiger charge is -2.12. The minimum absolute atomic E-state index is 0.145. The van der Waals surface area contributed by atoms with Crippen LogP contribution in [-0.4, -0.2) is 11.6 Å². The van der Waals surface area contributed by atoms with Crippen LogP contribution in [0.3, 0.4) is 0 Å². The van der Waals surface area contributed by atoms with E-state index >= 15 is 0 Å². The summed E-state index contributed by atoms with van der Waals surface area (Å²) >= 11 is 0. The summed E-state index contributed by atoms with van der Waals surface area (Å²) in [4.78, 5) is 23.2. The molecule has 2 nitrogen and oxygen atoms in total. The van der Waals surface area contributed by atoms with Crippen molar-refractivity contribution >= 4 is 23.7 Å². The Morgan fingerprint density at radius 3 is 1.50 bits per heavy atom. The first-order valence-electron chi connectivity index (χ1n) is 4.87. The maximum Gasteiger partial charge on any atom is 0.186 e. The van der Waals surface area contributed by atoms with Crippen LogP contribution in [-0.2, 0) is 0 Å². The van der Waals surface area contributed by atoms with Crippen molar-refractivity contribution in [1.29, 1.82) is 0 Å². The summed E-state index contributed by atoms with van der Waals surface area (Å²) in [5.41, 5.74) is 2.50. The molecule has 1 aliphatic rings. The van der Waals surface area contributed by atoms with E-state index in [1.807, 2.05) is 0 Å². The molecule has 0 bridgehead atoms. The molecule has 0 fully saturated rings. The second-order valence-corrected chi connectivity index (χ2v) is 3.50. The van der Waals surface area contributed by atoms with Crippen molar-refractivity contribution in [3.8, 4) is 0 Å². The van der Waals surface area contributed by atoms with E-state index in [0.717, 1.165) is 11.1 Å². The monoisotopic (exact) mass is 210 g/mol. The summed E-state index contributed by atoms with van der Waals surface area (Å²) in [6.45, 7) is 7.34. The molecule has 0 N–H and O–H groups in total. The number of ketones is 2. The molecule has 0 aliphatic heterocycles. The van der Waals surface area contributed by atoms with Crippen molar-refractivity contribution < 1.29 is 9.59 Å².